The van der Waals surface area contributed by atoms with E-state index in [4.69, 9.17) is 14.3 Å². The van der Waals surface area contributed by atoms with Gasteiger partial charge in [-0.15, -0.1) is 0 Å². The van der Waals surface area contributed by atoms with Crippen molar-refractivity contribution in [2.75, 3.05) is 6.61 Å². The first-order chi connectivity index (χ1) is 12.2. The van der Waals surface area contributed by atoms with E-state index < -0.39 is 12.1 Å². The minimum Gasteiger partial charge on any atom is -0.490 e. The van der Waals surface area contributed by atoms with Gasteiger partial charge in [0.15, 0.2) is 0 Å². The highest BCUT2D eigenvalue weighted by atomic mass is 16.5. The molecule has 0 spiro atoms. The third-order valence-electron chi connectivity index (χ3n) is 4.24. The summed E-state index contributed by atoms with van der Waals surface area (Å²) in [6, 6.07) is 13.9. The molecule has 3 rings (SSSR count). The molecule has 0 saturated heterocycles. The molecule has 0 amide bonds. The predicted octanol–water partition coefficient (Wildman–Crippen LogP) is 4.54. The highest BCUT2D eigenvalue weighted by Crippen LogP contribution is 2.30. The summed E-state index contributed by atoms with van der Waals surface area (Å²) in [7, 11) is 0. The number of aromatic carboxylic acids is 1. The van der Waals surface area contributed by atoms with Gasteiger partial charge in [0.1, 0.15) is 29.8 Å². The van der Waals surface area contributed by atoms with Gasteiger partial charge in [-0.25, -0.2) is 4.79 Å². The Bertz CT molecular complexity index is 916. The fourth-order valence-corrected chi connectivity index (χ4v) is 2.65. The summed E-state index contributed by atoms with van der Waals surface area (Å²) in [5.74, 6) is -0.0677. The largest absolute Gasteiger partial charge is 0.490 e. The maximum Gasteiger partial charge on any atom is 0.335 e. The summed E-state index contributed by atoms with van der Waals surface area (Å²) in [6.07, 6.45) is -0.917. The summed E-state index contributed by atoms with van der Waals surface area (Å²) in [6.45, 7) is 6.45. The van der Waals surface area contributed by atoms with Crippen molar-refractivity contribution in [2.24, 2.45) is 0 Å². The second-order valence-corrected chi connectivity index (χ2v) is 7.31. The van der Waals surface area contributed by atoms with Crippen LogP contribution in [0.3, 0.4) is 0 Å². The molecule has 26 heavy (non-hydrogen) atoms. The smallest absolute Gasteiger partial charge is 0.335 e. The van der Waals surface area contributed by atoms with Gasteiger partial charge in [-0.05, 0) is 53.4 Å². The average Bonchev–Trinajstić information content (AvgIpc) is 3.02. The number of fused-ring (bicyclic) bond motifs is 1. The lowest BCUT2D eigenvalue weighted by Gasteiger charge is -2.18. The summed E-state index contributed by atoms with van der Waals surface area (Å²) < 4.78 is 11.3. The Morgan fingerprint density at radius 2 is 1.81 bits per heavy atom. The van der Waals surface area contributed by atoms with Crippen LogP contribution in [0.25, 0.3) is 11.0 Å². The van der Waals surface area contributed by atoms with Gasteiger partial charge in [0.2, 0.25) is 0 Å². The number of aliphatic hydroxyl groups excluding tert-OH is 1. The Hall–Kier alpha value is -2.79. The van der Waals surface area contributed by atoms with Crippen LogP contribution < -0.4 is 4.74 Å². The number of carboxylic acid groups (broad SMARTS) is 1. The van der Waals surface area contributed by atoms with Crippen molar-refractivity contribution in [2.45, 2.75) is 32.3 Å². The molecular formula is C21H22O5. The Labute approximate surface area is 151 Å². The lowest BCUT2D eigenvalue weighted by molar-refractivity contribution is 0.0696. The quantitative estimate of drug-likeness (QED) is 0.703. The average molecular weight is 354 g/mol. The number of benzene rings is 2. The first kappa shape index (κ1) is 18.0. The molecule has 0 fully saturated rings. The maximum absolute atomic E-state index is 10.8. The minimum atomic E-state index is -0.992. The van der Waals surface area contributed by atoms with Crippen LogP contribution in [0, 0.1) is 0 Å². The zero-order chi connectivity index (χ0) is 18.9. The number of ether oxygens (including phenoxy) is 1. The molecule has 1 atom stereocenters. The summed E-state index contributed by atoms with van der Waals surface area (Å²) in [5, 5.41) is 20.2. The Kier molecular flexibility index (Phi) is 4.74. The maximum atomic E-state index is 10.8. The number of carbonyl (C=O) groups is 1. The molecule has 136 valence electrons. The third-order valence-corrected chi connectivity index (χ3v) is 4.24. The van der Waals surface area contributed by atoms with Crippen molar-refractivity contribution >= 4 is 16.9 Å². The van der Waals surface area contributed by atoms with Crippen LogP contribution in [-0.2, 0) is 5.41 Å². The topological polar surface area (TPSA) is 79.9 Å². The molecule has 0 saturated carbocycles. The number of hydrogen-bond acceptors (Lipinski definition) is 4. The van der Waals surface area contributed by atoms with E-state index in [2.05, 4.69) is 26.8 Å². The Morgan fingerprint density at radius 1 is 1.12 bits per heavy atom. The zero-order valence-electron chi connectivity index (χ0n) is 15.0. The first-order valence-electron chi connectivity index (χ1n) is 8.42. The standard InChI is InChI=1S/C21H22O5/c1-21(2,3)15-6-9-18-14(10-15)11-19(26-18)17(22)12-25-16-7-4-13(5-8-16)20(23)24/h4-11,17,22H,12H2,1-3H3,(H,23,24). The van der Waals surface area contributed by atoms with E-state index in [1.54, 1.807) is 12.1 Å². The van der Waals surface area contributed by atoms with Crippen LogP contribution in [0.1, 0.15) is 48.6 Å². The van der Waals surface area contributed by atoms with E-state index in [1.807, 2.05) is 18.2 Å². The van der Waals surface area contributed by atoms with Gasteiger partial charge in [-0.1, -0.05) is 26.8 Å². The van der Waals surface area contributed by atoms with Gasteiger partial charge in [0, 0.05) is 5.39 Å². The number of rotatable bonds is 5. The molecule has 1 unspecified atom stereocenters. The van der Waals surface area contributed by atoms with Crippen LogP contribution >= 0.6 is 0 Å². The monoisotopic (exact) mass is 354 g/mol. The fourth-order valence-electron chi connectivity index (χ4n) is 2.65. The van der Waals surface area contributed by atoms with E-state index >= 15 is 0 Å². The van der Waals surface area contributed by atoms with Crippen LogP contribution in [0.4, 0.5) is 0 Å². The van der Waals surface area contributed by atoms with Crippen molar-refractivity contribution in [3.05, 3.63) is 65.4 Å². The molecule has 2 N–H and O–H groups in total. The van der Waals surface area contributed by atoms with Gasteiger partial charge >= 0.3 is 5.97 Å². The van der Waals surface area contributed by atoms with E-state index in [-0.39, 0.29) is 17.6 Å². The second kappa shape index (κ2) is 6.84. The highest BCUT2D eigenvalue weighted by Gasteiger charge is 2.18. The normalized spacial score (nSPS) is 12.9. The van der Waals surface area contributed by atoms with E-state index in [9.17, 15) is 9.90 Å². The van der Waals surface area contributed by atoms with Gasteiger partial charge in [-0.3, -0.25) is 0 Å². The van der Waals surface area contributed by atoms with Gasteiger partial charge in [0.05, 0.1) is 5.56 Å². The molecular weight excluding hydrogens is 332 g/mol. The summed E-state index contributed by atoms with van der Waals surface area (Å²) in [4.78, 5) is 10.8. The van der Waals surface area contributed by atoms with Gasteiger partial charge in [0.25, 0.3) is 0 Å². The molecule has 1 aromatic heterocycles. The number of aliphatic hydroxyl groups is 1. The molecule has 5 heteroatoms. The summed E-state index contributed by atoms with van der Waals surface area (Å²) in [5.41, 5.74) is 2.14. The van der Waals surface area contributed by atoms with E-state index in [1.165, 1.54) is 17.7 Å². The van der Waals surface area contributed by atoms with Gasteiger partial charge in [-0.2, -0.15) is 0 Å². The molecule has 2 aromatic carbocycles. The van der Waals surface area contributed by atoms with E-state index in [0.717, 1.165) is 11.0 Å². The van der Waals surface area contributed by atoms with E-state index in [0.29, 0.717) is 11.5 Å². The molecule has 0 aliphatic carbocycles. The molecule has 0 radical (unpaired) electrons. The van der Waals surface area contributed by atoms with Crippen molar-refractivity contribution in [3.63, 3.8) is 0 Å². The highest BCUT2D eigenvalue weighted by molar-refractivity contribution is 5.87. The Balaban J connectivity index is 1.71. The second-order valence-electron chi connectivity index (χ2n) is 7.31. The zero-order valence-corrected chi connectivity index (χ0v) is 15.0. The van der Waals surface area contributed by atoms with Crippen molar-refractivity contribution in [1.29, 1.82) is 0 Å². The third kappa shape index (κ3) is 3.89. The fraction of sp³-hybridized carbons (Fsp3) is 0.286. The van der Waals surface area contributed by atoms with Crippen molar-refractivity contribution in [3.8, 4) is 5.75 Å². The molecule has 1 heterocycles. The lowest BCUT2D eigenvalue weighted by atomic mass is 9.86. The van der Waals surface area contributed by atoms with Gasteiger partial charge < -0.3 is 19.4 Å². The lowest BCUT2D eigenvalue weighted by Crippen LogP contribution is -2.10. The first-order valence-corrected chi connectivity index (χ1v) is 8.42. The summed E-state index contributed by atoms with van der Waals surface area (Å²) >= 11 is 0. The molecule has 5 nitrogen and oxygen atoms in total. The molecule has 3 aromatic rings. The van der Waals surface area contributed by atoms with Crippen molar-refractivity contribution < 1.29 is 24.2 Å². The molecule has 0 bridgehead atoms. The van der Waals surface area contributed by atoms with Crippen LogP contribution in [-0.4, -0.2) is 22.8 Å². The Morgan fingerprint density at radius 3 is 2.42 bits per heavy atom. The molecule has 0 aliphatic heterocycles. The van der Waals surface area contributed by atoms with Crippen LogP contribution in [0.2, 0.25) is 0 Å². The number of carboxylic acids is 1. The predicted molar refractivity (Wildman–Crippen MR) is 98.8 cm³/mol. The SMILES string of the molecule is CC(C)(C)c1ccc2oc(C(O)COc3ccc(C(=O)O)cc3)cc2c1. The number of furan rings is 1. The molecule has 0 aliphatic rings. The van der Waals surface area contributed by atoms with Crippen LogP contribution in [0.15, 0.2) is 52.9 Å². The number of hydrogen-bond donors (Lipinski definition) is 2. The van der Waals surface area contributed by atoms with Crippen molar-refractivity contribution in [1.82, 2.24) is 0 Å². The minimum absolute atomic E-state index is 0.0123. The van der Waals surface area contributed by atoms with Crippen LogP contribution in [0.5, 0.6) is 5.75 Å².